The van der Waals surface area contributed by atoms with Crippen LogP contribution < -0.4 is 10.1 Å². The molecule has 0 unspecified atom stereocenters. The Morgan fingerprint density at radius 1 is 1.06 bits per heavy atom. The van der Waals surface area contributed by atoms with Gasteiger partial charge in [-0.3, -0.25) is 0 Å². The van der Waals surface area contributed by atoms with E-state index in [-0.39, 0.29) is 0 Å². The average Bonchev–Trinajstić information content (AvgIpc) is 3.50. The van der Waals surface area contributed by atoms with Crippen LogP contribution in [0.2, 0.25) is 0 Å². The minimum absolute atomic E-state index is 0.494. The highest BCUT2D eigenvalue weighted by atomic mass is 16.5. The number of benzene rings is 1. The molecule has 4 aromatic rings. The first-order chi connectivity index (χ1) is 17.2. The van der Waals surface area contributed by atoms with E-state index in [0.717, 1.165) is 66.6 Å². The van der Waals surface area contributed by atoms with Crippen molar-refractivity contribution in [1.29, 1.82) is 0 Å². The number of aryl methyl sites for hydroxylation is 2. The van der Waals surface area contributed by atoms with E-state index in [1.165, 1.54) is 32.4 Å². The van der Waals surface area contributed by atoms with E-state index in [4.69, 9.17) is 14.2 Å². The first kappa shape index (κ1) is 23.3. The number of fused-ring (bicyclic) bond motifs is 1. The summed E-state index contributed by atoms with van der Waals surface area (Å²) in [6.07, 6.45) is 8.51. The molecule has 1 aliphatic heterocycles. The van der Waals surface area contributed by atoms with Gasteiger partial charge in [0.05, 0.1) is 18.2 Å². The molecule has 0 bridgehead atoms. The normalized spacial score (nSPS) is 14.5. The number of hydrogen-bond acceptors (Lipinski definition) is 8. The van der Waals surface area contributed by atoms with Gasteiger partial charge in [0.25, 0.3) is 5.89 Å². The lowest BCUT2D eigenvalue weighted by atomic mass is 10.1. The molecule has 1 aliphatic rings. The second-order valence-electron chi connectivity index (χ2n) is 9.03. The van der Waals surface area contributed by atoms with Gasteiger partial charge in [-0.15, -0.1) is 0 Å². The van der Waals surface area contributed by atoms with Gasteiger partial charge in [0, 0.05) is 24.8 Å². The van der Waals surface area contributed by atoms with Gasteiger partial charge in [-0.1, -0.05) is 18.5 Å². The molecule has 4 heterocycles. The number of ether oxygens (including phenoxy) is 1. The molecule has 184 valence electrons. The molecule has 1 saturated heterocycles. The number of likely N-dealkylation sites (tertiary alicyclic amines) is 1. The number of methoxy groups -OCH3 is 1. The Morgan fingerprint density at radius 2 is 1.89 bits per heavy atom. The highest BCUT2D eigenvalue weighted by Gasteiger charge is 2.17. The van der Waals surface area contributed by atoms with Crippen molar-refractivity contribution in [3.8, 4) is 17.2 Å². The zero-order valence-corrected chi connectivity index (χ0v) is 20.5. The summed E-state index contributed by atoms with van der Waals surface area (Å²) < 4.78 is 13.0. The Bertz CT molecular complexity index is 1240. The van der Waals surface area contributed by atoms with E-state index in [2.05, 4.69) is 42.9 Å². The van der Waals surface area contributed by atoms with E-state index in [1.54, 1.807) is 13.3 Å². The quantitative estimate of drug-likeness (QED) is 0.340. The van der Waals surface area contributed by atoms with Gasteiger partial charge < -0.3 is 24.0 Å². The van der Waals surface area contributed by atoms with E-state index in [0.29, 0.717) is 11.5 Å². The number of nitrogens with zero attached hydrogens (tertiary/aromatic N) is 6. The van der Waals surface area contributed by atoms with Crippen LogP contribution in [0.25, 0.3) is 22.6 Å². The smallest absolute Gasteiger partial charge is 0.259 e. The summed E-state index contributed by atoms with van der Waals surface area (Å²) in [5, 5.41) is 7.57. The topological polar surface area (TPSA) is 94.1 Å². The van der Waals surface area contributed by atoms with Crippen molar-refractivity contribution >= 4 is 22.8 Å². The number of nitrogens with one attached hydrogen (secondary N) is 1. The predicted octanol–water partition coefficient (Wildman–Crippen LogP) is 5.06. The number of hydrogen-bond donors (Lipinski definition) is 1. The van der Waals surface area contributed by atoms with Gasteiger partial charge in [0.1, 0.15) is 5.75 Å². The highest BCUT2D eigenvalue weighted by Crippen LogP contribution is 2.27. The van der Waals surface area contributed by atoms with E-state index >= 15 is 0 Å². The van der Waals surface area contributed by atoms with Gasteiger partial charge in [0.15, 0.2) is 11.5 Å². The van der Waals surface area contributed by atoms with Crippen LogP contribution in [0, 0.1) is 0 Å². The molecule has 0 spiro atoms. The van der Waals surface area contributed by atoms with Crippen LogP contribution in [-0.4, -0.2) is 56.3 Å². The third-order valence-electron chi connectivity index (χ3n) is 6.45. The molecule has 0 atom stereocenters. The van der Waals surface area contributed by atoms with Crippen LogP contribution in [-0.2, 0) is 13.0 Å². The van der Waals surface area contributed by atoms with Crippen molar-refractivity contribution in [1.82, 2.24) is 29.6 Å². The van der Waals surface area contributed by atoms with Crippen molar-refractivity contribution in [2.45, 2.75) is 52.0 Å². The van der Waals surface area contributed by atoms with Crippen LogP contribution in [0.1, 0.15) is 44.9 Å². The summed E-state index contributed by atoms with van der Waals surface area (Å²) in [7, 11) is 1.67. The first-order valence-corrected chi connectivity index (χ1v) is 12.6. The molecule has 5 rings (SSSR count). The lowest BCUT2D eigenvalue weighted by Gasteiger charge is -2.26. The SMILES string of the molecule is CCCc1noc(-c2cnc3nc(Nc4ccc(OC)cc4)n(CCCN4CCCCC4)c3c2)n1. The van der Waals surface area contributed by atoms with Crippen molar-refractivity contribution in [2.75, 3.05) is 32.1 Å². The molecular formula is C26H33N7O2. The van der Waals surface area contributed by atoms with Gasteiger partial charge in [-0.25, -0.2) is 4.98 Å². The minimum atomic E-state index is 0.494. The number of imidazole rings is 1. The average molecular weight is 476 g/mol. The van der Waals surface area contributed by atoms with Crippen LogP contribution >= 0.6 is 0 Å². The number of piperidine rings is 1. The molecule has 1 aromatic carbocycles. The van der Waals surface area contributed by atoms with Crippen LogP contribution in [0.15, 0.2) is 41.1 Å². The zero-order chi connectivity index (χ0) is 24.0. The second-order valence-corrected chi connectivity index (χ2v) is 9.03. The second kappa shape index (κ2) is 10.9. The number of aromatic nitrogens is 5. The van der Waals surface area contributed by atoms with Crippen LogP contribution in [0.3, 0.4) is 0 Å². The van der Waals surface area contributed by atoms with Crippen LogP contribution in [0.5, 0.6) is 5.75 Å². The van der Waals surface area contributed by atoms with Crippen molar-refractivity contribution in [2.24, 2.45) is 0 Å². The third-order valence-corrected chi connectivity index (χ3v) is 6.45. The molecule has 9 nitrogen and oxygen atoms in total. The van der Waals surface area contributed by atoms with Crippen molar-refractivity contribution < 1.29 is 9.26 Å². The van der Waals surface area contributed by atoms with E-state index in [9.17, 15) is 0 Å². The molecule has 0 amide bonds. The largest absolute Gasteiger partial charge is 0.497 e. The fourth-order valence-corrected chi connectivity index (χ4v) is 4.58. The fourth-order valence-electron chi connectivity index (χ4n) is 4.58. The molecule has 0 aliphatic carbocycles. The Kier molecular flexibility index (Phi) is 7.23. The number of rotatable bonds is 10. The molecule has 35 heavy (non-hydrogen) atoms. The number of anilines is 2. The Morgan fingerprint density at radius 3 is 2.66 bits per heavy atom. The van der Waals surface area contributed by atoms with Gasteiger partial charge in [-0.05, 0) is 75.6 Å². The van der Waals surface area contributed by atoms with E-state index < -0.39 is 0 Å². The van der Waals surface area contributed by atoms with Crippen molar-refractivity contribution in [3.63, 3.8) is 0 Å². The summed E-state index contributed by atoms with van der Waals surface area (Å²) in [5.41, 5.74) is 3.39. The molecule has 9 heteroatoms. The van der Waals surface area contributed by atoms with Crippen LogP contribution in [0.4, 0.5) is 11.6 Å². The maximum Gasteiger partial charge on any atom is 0.259 e. The number of pyridine rings is 1. The summed E-state index contributed by atoms with van der Waals surface area (Å²) in [5.74, 6) is 2.80. The predicted molar refractivity (Wildman–Crippen MR) is 136 cm³/mol. The summed E-state index contributed by atoms with van der Waals surface area (Å²) in [6.45, 7) is 6.42. The first-order valence-electron chi connectivity index (χ1n) is 12.6. The maximum absolute atomic E-state index is 5.51. The van der Waals surface area contributed by atoms with Gasteiger partial charge >= 0.3 is 0 Å². The molecule has 0 saturated carbocycles. The Hall–Kier alpha value is -3.46. The van der Waals surface area contributed by atoms with Gasteiger partial charge in [0.2, 0.25) is 5.95 Å². The summed E-state index contributed by atoms with van der Waals surface area (Å²) in [4.78, 5) is 16.6. The minimum Gasteiger partial charge on any atom is -0.497 e. The monoisotopic (exact) mass is 475 g/mol. The fraction of sp³-hybridized carbons (Fsp3) is 0.462. The summed E-state index contributed by atoms with van der Waals surface area (Å²) in [6, 6.07) is 9.90. The standard InChI is InChI=1S/C26H33N7O2/c1-3-8-23-29-25(35-31-23)19-17-22-24(27-18-19)30-26(28-20-9-11-21(34-2)12-10-20)33(22)16-7-15-32-13-5-4-6-14-32/h9-12,17-18H,3-8,13-16H2,1-2H3,(H,27,28,30). The molecule has 1 N–H and O–H groups in total. The third kappa shape index (κ3) is 5.45. The van der Waals surface area contributed by atoms with Gasteiger partial charge in [-0.2, -0.15) is 9.97 Å². The Labute approximate surface area is 205 Å². The van der Waals surface area contributed by atoms with E-state index in [1.807, 2.05) is 24.3 Å². The maximum atomic E-state index is 5.51. The van der Waals surface area contributed by atoms with Crippen molar-refractivity contribution in [3.05, 3.63) is 42.4 Å². The molecule has 3 aromatic heterocycles. The molecular weight excluding hydrogens is 442 g/mol. The summed E-state index contributed by atoms with van der Waals surface area (Å²) >= 11 is 0. The lowest BCUT2D eigenvalue weighted by molar-refractivity contribution is 0.223. The zero-order valence-electron chi connectivity index (χ0n) is 20.5. The molecule has 0 radical (unpaired) electrons. The Balaban J connectivity index is 1.43. The molecule has 1 fully saturated rings. The highest BCUT2D eigenvalue weighted by molar-refractivity contribution is 5.80. The lowest BCUT2D eigenvalue weighted by Crippen LogP contribution is -2.31.